The first-order valence-corrected chi connectivity index (χ1v) is 6.29. The molecular weight excluding hydrogens is 250 g/mol. The van der Waals surface area contributed by atoms with E-state index in [1.807, 2.05) is 30.3 Å². The van der Waals surface area contributed by atoms with Crippen LogP contribution in [0.4, 0.5) is 5.69 Å². The second kappa shape index (κ2) is 5.56. The maximum absolute atomic E-state index is 11.8. The predicted molar refractivity (Wildman–Crippen MR) is 68.0 cm³/mol. The number of carbonyl (C=O) groups excluding carboxylic acids is 2. The first-order chi connectivity index (χ1) is 8.70. The van der Waals surface area contributed by atoms with Crippen LogP contribution in [0, 0.1) is 11.3 Å². The van der Waals surface area contributed by atoms with Crippen molar-refractivity contribution in [3.05, 3.63) is 24.3 Å². The summed E-state index contributed by atoms with van der Waals surface area (Å²) >= 11 is 1.37. The Bertz CT molecular complexity index is 524. The van der Waals surface area contributed by atoms with Gasteiger partial charge in [0.05, 0.1) is 17.0 Å². The normalized spacial score (nSPS) is 17.3. The van der Waals surface area contributed by atoms with E-state index in [2.05, 4.69) is 10.6 Å². The van der Waals surface area contributed by atoms with E-state index in [9.17, 15) is 9.59 Å². The summed E-state index contributed by atoms with van der Waals surface area (Å²) in [6, 6.07) is 9.28. The summed E-state index contributed by atoms with van der Waals surface area (Å²) in [6.45, 7) is -0.0333. The number of hydrogen-bond donors (Lipinski definition) is 2. The molecule has 1 aliphatic rings. The molecule has 1 atom stereocenters. The van der Waals surface area contributed by atoms with Crippen LogP contribution in [0.5, 0.6) is 0 Å². The third-order valence-electron chi connectivity index (χ3n) is 2.44. The highest BCUT2D eigenvalue weighted by Gasteiger charge is 2.28. The minimum atomic E-state index is -0.446. The van der Waals surface area contributed by atoms with Crippen LogP contribution in [-0.2, 0) is 9.59 Å². The molecule has 0 unspecified atom stereocenters. The molecule has 6 heteroatoms. The van der Waals surface area contributed by atoms with Gasteiger partial charge in [-0.1, -0.05) is 12.1 Å². The number of amides is 2. The molecule has 5 nitrogen and oxygen atoms in total. The number of nitrogens with zero attached hydrogens (tertiary/aromatic N) is 1. The van der Waals surface area contributed by atoms with Gasteiger partial charge >= 0.3 is 0 Å². The zero-order valence-corrected chi connectivity index (χ0v) is 10.3. The number of thioether (sulfide) groups is 1. The quantitative estimate of drug-likeness (QED) is 0.799. The highest BCUT2D eigenvalue weighted by atomic mass is 32.2. The topological polar surface area (TPSA) is 82.0 Å². The lowest BCUT2D eigenvalue weighted by molar-refractivity contribution is -0.123. The Morgan fingerprint density at radius 3 is 3.06 bits per heavy atom. The summed E-state index contributed by atoms with van der Waals surface area (Å²) in [5.41, 5.74) is 0.779. The number of carbonyl (C=O) groups is 2. The maximum atomic E-state index is 11.8. The molecule has 0 aliphatic carbocycles. The second-order valence-electron chi connectivity index (χ2n) is 3.73. The van der Waals surface area contributed by atoms with Gasteiger partial charge in [-0.3, -0.25) is 9.59 Å². The molecule has 2 amide bonds. The van der Waals surface area contributed by atoms with Crippen LogP contribution in [-0.4, -0.2) is 23.6 Å². The van der Waals surface area contributed by atoms with Crippen molar-refractivity contribution in [2.24, 2.45) is 0 Å². The molecule has 2 rings (SSSR count). The van der Waals surface area contributed by atoms with Crippen molar-refractivity contribution in [3.8, 4) is 6.07 Å². The van der Waals surface area contributed by atoms with Crippen molar-refractivity contribution in [1.29, 1.82) is 5.26 Å². The van der Waals surface area contributed by atoms with E-state index in [0.717, 1.165) is 10.6 Å². The van der Waals surface area contributed by atoms with Crippen molar-refractivity contribution in [2.75, 3.05) is 11.9 Å². The largest absolute Gasteiger partial charge is 0.343 e. The Morgan fingerprint density at radius 1 is 1.50 bits per heavy atom. The monoisotopic (exact) mass is 261 g/mol. The van der Waals surface area contributed by atoms with Crippen LogP contribution >= 0.6 is 11.8 Å². The van der Waals surface area contributed by atoms with E-state index in [-0.39, 0.29) is 24.8 Å². The Kier molecular flexibility index (Phi) is 3.85. The number of para-hydroxylation sites is 1. The average molecular weight is 261 g/mol. The molecule has 0 saturated carbocycles. The fourth-order valence-corrected chi connectivity index (χ4v) is 2.72. The summed E-state index contributed by atoms with van der Waals surface area (Å²) in [4.78, 5) is 24.2. The molecule has 0 saturated heterocycles. The van der Waals surface area contributed by atoms with Gasteiger partial charge in [-0.05, 0) is 12.1 Å². The number of benzene rings is 1. The minimum Gasteiger partial charge on any atom is -0.343 e. The molecule has 0 fully saturated rings. The lowest BCUT2D eigenvalue weighted by atomic mass is 10.2. The van der Waals surface area contributed by atoms with E-state index in [4.69, 9.17) is 5.26 Å². The van der Waals surface area contributed by atoms with Crippen molar-refractivity contribution in [2.45, 2.75) is 16.6 Å². The molecular formula is C12H11N3O2S. The number of fused-ring (bicyclic) bond motifs is 1. The maximum Gasteiger partial charge on any atom is 0.238 e. The molecule has 0 aromatic heterocycles. The fraction of sp³-hybridized carbons (Fsp3) is 0.250. The Labute approximate surface area is 109 Å². The Morgan fingerprint density at radius 2 is 2.28 bits per heavy atom. The molecule has 18 heavy (non-hydrogen) atoms. The summed E-state index contributed by atoms with van der Waals surface area (Å²) < 4.78 is 0. The Balaban J connectivity index is 2.02. The van der Waals surface area contributed by atoms with Crippen LogP contribution < -0.4 is 10.6 Å². The third kappa shape index (κ3) is 2.81. The van der Waals surface area contributed by atoms with Gasteiger partial charge < -0.3 is 10.6 Å². The smallest absolute Gasteiger partial charge is 0.238 e. The van der Waals surface area contributed by atoms with Gasteiger partial charge in [-0.15, -0.1) is 11.8 Å². The number of rotatable bonds is 3. The lowest BCUT2D eigenvalue weighted by Crippen LogP contribution is -2.34. The second-order valence-corrected chi connectivity index (χ2v) is 4.98. The summed E-state index contributed by atoms with van der Waals surface area (Å²) in [5.74, 6) is -0.464. The summed E-state index contributed by atoms with van der Waals surface area (Å²) in [6.07, 6.45) is 0.0759. The standard InChI is InChI=1S/C12H11N3O2S/c13-5-6-14-11(16)7-10-12(17)15-8-3-1-2-4-9(8)18-10/h1-4,10H,6-7H2,(H,14,16)(H,15,17)/t10-/m0/s1. The van der Waals surface area contributed by atoms with E-state index in [1.165, 1.54) is 11.8 Å². The molecule has 0 bridgehead atoms. The summed E-state index contributed by atoms with van der Waals surface area (Å²) in [5, 5.41) is 13.1. The van der Waals surface area contributed by atoms with Gasteiger partial charge in [-0.2, -0.15) is 5.26 Å². The highest BCUT2D eigenvalue weighted by Crippen LogP contribution is 2.36. The number of nitriles is 1. The van der Waals surface area contributed by atoms with Crippen LogP contribution in [0.25, 0.3) is 0 Å². The van der Waals surface area contributed by atoms with Gasteiger partial charge in [-0.25, -0.2) is 0 Å². The van der Waals surface area contributed by atoms with Gasteiger partial charge in [0, 0.05) is 11.3 Å². The molecule has 1 aliphatic heterocycles. The molecule has 92 valence electrons. The Hall–Kier alpha value is -2.00. The molecule has 1 aromatic carbocycles. The first kappa shape index (κ1) is 12.5. The molecule has 0 radical (unpaired) electrons. The third-order valence-corrected chi connectivity index (χ3v) is 3.72. The van der Waals surface area contributed by atoms with Crippen molar-refractivity contribution >= 4 is 29.3 Å². The van der Waals surface area contributed by atoms with Crippen LogP contribution in [0.3, 0.4) is 0 Å². The zero-order valence-electron chi connectivity index (χ0n) is 9.47. The van der Waals surface area contributed by atoms with Crippen LogP contribution in [0.2, 0.25) is 0 Å². The van der Waals surface area contributed by atoms with Gasteiger partial charge in [0.1, 0.15) is 6.54 Å². The van der Waals surface area contributed by atoms with Crippen molar-refractivity contribution < 1.29 is 9.59 Å². The van der Waals surface area contributed by atoms with E-state index in [1.54, 1.807) is 0 Å². The van der Waals surface area contributed by atoms with Crippen molar-refractivity contribution in [1.82, 2.24) is 5.32 Å². The molecule has 1 heterocycles. The number of hydrogen-bond acceptors (Lipinski definition) is 4. The van der Waals surface area contributed by atoms with E-state index < -0.39 is 5.25 Å². The number of anilines is 1. The van der Waals surface area contributed by atoms with Crippen LogP contribution in [0.1, 0.15) is 6.42 Å². The number of nitrogens with one attached hydrogen (secondary N) is 2. The molecule has 0 spiro atoms. The van der Waals surface area contributed by atoms with Gasteiger partial charge in [0.15, 0.2) is 0 Å². The SMILES string of the molecule is N#CCNC(=O)C[C@@H]1Sc2ccccc2NC1=O. The van der Waals surface area contributed by atoms with Crippen LogP contribution in [0.15, 0.2) is 29.2 Å². The van der Waals surface area contributed by atoms with Gasteiger partial charge in [0.25, 0.3) is 0 Å². The first-order valence-electron chi connectivity index (χ1n) is 5.41. The van der Waals surface area contributed by atoms with E-state index >= 15 is 0 Å². The highest BCUT2D eigenvalue weighted by molar-refractivity contribution is 8.01. The fourth-order valence-electron chi connectivity index (χ4n) is 1.61. The molecule has 1 aromatic rings. The average Bonchev–Trinajstić information content (AvgIpc) is 2.37. The summed E-state index contributed by atoms with van der Waals surface area (Å²) in [7, 11) is 0. The minimum absolute atomic E-state index is 0.0333. The van der Waals surface area contributed by atoms with Gasteiger partial charge in [0.2, 0.25) is 11.8 Å². The zero-order chi connectivity index (χ0) is 13.0. The predicted octanol–water partition coefficient (Wildman–Crippen LogP) is 1.13. The molecule has 2 N–H and O–H groups in total. The van der Waals surface area contributed by atoms with E-state index in [0.29, 0.717) is 0 Å². The lowest BCUT2D eigenvalue weighted by Gasteiger charge is -2.23. The van der Waals surface area contributed by atoms with Crippen molar-refractivity contribution in [3.63, 3.8) is 0 Å².